The van der Waals surface area contributed by atoms with Gasteiger partial charge in [-0.25, -0.2) is 0 Å². The SMILES string of the molecule is CCC(c1ccccc1O)N1CCN(C(C)=O)CC1. The Bertz CT molecular complexity index is 440. The molecule has 0 aromatic heterocycles. The summed E-state index contributed by atoms with van der Waals surface area (Å²) in [6, 6.07) is 7.77. The minimum Gasteiger partial charge on any atom is -0.508 e. The van der Waals surface area contributed by atoms with Gasteiger partial charge in [0.15, 0.2) is 0 Å². The van der Waals surface area contributed by atoms with E-state index in [2.05, 4.69) is 11.8 Å². The first-order valence-electron chi connectivity index (χ1n) is 6.91. The van der Waals surface area contributed by atoms with Gasteiger partial charge < -0.3 is 10.0 Å². The number of phenols is 1. The van der Waals surface area contributed by atoms with Crippen molar-refractivity contribution >= 4 is 5.91 Å². The normalized spacial score (nSPS) is 18.3. The minimum atomic E-state index is 0.148. The number of hydrogen-bond acceptors (Lipinski definition) is 3. The van der Waals surface area contributed by atoms with E-state index >= 15 is 0 Å². The third-order valence-corrected chi connectivity index (χ3v) is 3.88. The molecule has 1 heterocycles. The third kappa shape index (κ3) is 3.07. The van der Waals surface area contributed by atoms with Crippen molar-refractivity contribution in [1.82, 2.24) is 9.80 Å². The van der Waals surface area contributed by atoms with E-state index in [-0.39, 0.29) is 11.9 Å². The molecule has 4 heteroatoms. The van der Waals surface area contributed by atoms with Crippen LogP contribution in [0.1, 0.15) is 31.9 Å². The van der Waals surface area contributed by atoms with Crippen molar-refractivity contribution in [1.29, 1.82) is 0 Å². The van der Waals surface area contributed by atoms with Crippen LogP contribution in [-0.2, 0) is 4.79 Å². The number of amides is 1. The largest absolute Gasteiger partial charge is 0.508 e. The molecule has 1 aliphatic heterocycles. The molecule has 1 N–H and O–H groups in total. The topological polar surface area (TPSA) is 43.8 Å². The predicted molar refractivity (Wildman–Crippen MR) is 75.0 cm³/mol. The van der Waals surface area contributed by atoms with Gasteiger partial charge in [0.05, 0.1) is 0 Å². The number of benzene rings is 1. The molecular formula is C15H22N2O2. The molecule has 1 atom stereocenters. The van der Waals surface area contributed by atoms with Gasteiger partial charge in [-0.2, -0.15) is 0 Å². The lowest BCUT2D eigenvalue weighted by Crippen LogP contribution is -2.49. The van der Waals surface area contributed by atoms with E-state index in [9.17, 15) is 9.90 Å². The number of carbonyl (C=O) groups is 1. The van der Waals surface area contributed by atoms with Gasteiger partial charge in [-0.3, -0.25) is 9.69 Å². The Kier molecular flexibility index (Phi) is 4.43. The molecule has 1 amide bonds. The highest BCUT2D eigenvalue weighted by molar-refractivity contribution is 5.73. The summed E-state index contributed by atoms with van der Waals surface area (Å²) in [5.41, 5.74) is 0.987. The Balaban J connectivity index is 2.08. The maximum atomic E-state index is 11.3. The average molecular weight is 262 g/mol. The number of aromatic hydroxyl groups is 1. The Morgan fingerprint density at radius 3 is 2.42 bits per heavy atom. The second-order valence-electron chi connectivity index (χ2n) is 5.02. The maximum Gasteiger partial charge on any atom is 0.219 e. The first kappa shape index (κ1) is 13.9. The molecule has 19 heavy (non-hydrogen) atoms. The molecule has 1 aliphatic rings. The number of nitrogens with zero attached hydrogens (tertiary/aromatic N) is 2. The Morgan fingerprint density at radius 1 is 1.26 bits per heavy atom. The molecule has 4 nitrogen and oxygen atoms in total. The van der Waals surface area contributed by atoms with Crippen molar-refractivity contribution in [3.05, 3.63) is 29.8 Å². The zero-order valence-electron chi connectivity index (χ0n) is 11.7. The molecule has 1 fully saturated rings. The summed E-state index contributed by atoms with van der Waals surface area (Å²) < 4.78 is 0. The highest BCUT2D eigenvalue weighted by Crippen LogP contribution is 2.31. The first-order valence-corrected chi connectivity index (χ1v) is 6.91. The van der Waals surface area contributed by atoms with Gasteiger partial charge in [-0.15, -0.1) is 0 Å². The lowest BCUT2D eigenvalue weighted by Gasteiger charge is -2.39. The van der Waals surface area contributed by atoms with Gasteiger partial charge in [0.25, 0.3) is 0 Å². The van der Waals surface area contributed by atoms with E-state index in [0.717, 1.165) is 38.2 Å². The molecule has 0 spiro atoms. The van der Waals surface area contributed by atoms with E-state index in [1.807, 2.05) is 23.1 Å². The van der Waals surface area contributed by atoms with E-state index in [1.165, 1.54) is 0 Å². The zero-order chi connectivity index (χ0) is 13.8. The standard InChI is InChI=1S/C15H22N2O2/c1-3-14(13-6-4-5-7-15(13)19)17-10-8-16(9-11-17)12(2)18/h4-7,14,19H,3,8-11H2,1-2H3. The monoisotopic (exact) mass is 262 g/mol. The molecule has 1 aromatic carbocycles. The van der Waals surface area contributed by atoms with Crippen molar-refractivity contribution < 1.29 is 9.90 Å². The number of hydrogen-bond donors (Lipinski definition) is 1. The maximum absolute atomic E-state index is 11.3. The number of piperazine rings is 1. The fraction of sp³-hybridized carbons (Fsp3) is 0.533. The molecule has 0 bridgehead atoms. The van der Waals surface area contributed by atoms with Gasteiger partial charge in [0.1, 0.15) is 5.75 Å². The summed E-state index contributed by atoms with van der Waals surface area (Å²) in [5, 5.41) is 9.99. The van der Waals surface area contributed by atoms with Crippen LogP contribution >= 0.6 is 0 Å². The molecule has 1 unspecified atom stereocenters. The molecule has 0 radical (unpaired) electrons. The van der Waals surface area contributed by atoms with Crippen molar-refractivity contribution in [2.75, 3.05) is 26.2 Å². The van der Waals surface area contributed by atoms with Crippen molar-refractivity contribution in [3.63, 3.8) is 0 Å². The Hall–Kier alpha value is -1.55. The summed E-state index contributed by atoms with van der Waals surface area (Å²) >= 11 is 0. The zero-order valence-corrected chi connectivity index (χ0v) is 11.7. The van der Waals surface area contributed by atoms with Gasteiger partial charge >= 0.3 is 0 Å². The number of carbonyl (C=O) groups excluding carboxylic acids is 1. The number of phenolic OH excluding ortho intramolecular Hbond substituents is 1. The summed E-state index contributed by atoms with van der Waals surface area (Å²) in [5.74, 6) is 0.513. The highest BCUT2D eigenvalue weighted by Gasteiger charge is 2.26. The summed E-state index contributed by atoms with van der Waals surface area (Å²) in [6.07, 6.45) is 0.956. The first-order chi connectivity index (χ1) is 9.13. The van der Waals surface area contributed by atoms with Crippen LogP contribution in [0.4, 0.5) is 0 Å². The van der Waals surface area contributed by atoms with Crippen LogP contribution in [0.5, 0.6) is 5.75 Å². The van der Waals surface area contributed by atoms with Gasteiger partial charge in [0.2, 0.25) is 5.91 Å². The Labute approximate surface area is 114 Å². The third-order valence-electron chi connectivity index (χ3n) is 3.88. The quantitative estimate of drug-likeness (QED) is 0.906. The molecule has 0 saturated carbocycles. The fourth-order valence-corrected chi connectivity index (χ4v) is 2.79. The van der Waals surface area contributed by atoms with Crippen LogP contribution in [0.3, 0.4) is 0 Å². The van der Waals surface area contributed by atoms with Crippen molar-refractivity contribution in [3.8, 4) is 5.75 Å². The van der Waals surface area contributed by atoms with Crippen molar-refractivity contribution in [2.45, 2.75) is 26.3 Å². The summed E-state index contributed by atoms with van der Waals surface area (Å²) in [6.45, 7) is 7.04. The van der Waals surface area contributed by atoms with E-state index in [1.54, 1.807) is 13.0 Å². The van der Waals surface area contributed by atoms with E-state index < -0.39 is 0 Å². The average Bonchev–Trinajstić information content (AvgIpc) is 2.42. The number of rotatable bonds is 3. The lowest BCUT2D eigenvalue weighted by molar-refractivity contribution is -0.130. The summed E-state index contributed by atoms with van der Waals surface area (Å²) in [7, 11) is 0. The smallest absolute Gasteiger partial charge is 0.219 e. The van der Waals surface area contributed by atoms with E-state index in [4.69, 9.17) is 0 Å². The Morgan fingerprint density at radius 2 is 1.89 bits per heavy atom. The highest BCUT2D eigenvalue weighted by atomic mass is 16.3. The van der Waals surface area contributed by atoms with Crippen LogP contribution in [0.2, 0.25) is 0 Å². The van der Waals surface area contributed by atoms with Crippen LogP contribution in [0.25, 0.3) is 0 Å². The van der Waals surface area contributed by atoms with Crippen LogP contribution in [0.15, 0.2) is 24.3 Å². The minimum absolute atomic E-state index is 0.148. The molecule has 1 saturated heterocycles. The molecule has 104 valence electrons. The molecule has 0 aliphatic carbocycles. The fourth-order valence-electron chi connectivity index (χ4n) is 2.79. The van der Waals surface area contributed by atoms with Crippen LogP contribution in [0, 0.1) is 0 Å². The van der Waals surface area contributed by atoms with Gasteiger partial charge in [-0.05, 0) is 12.5 Å². The molecule has 1 aromatic rings. The molecular weight excluding hydrogens is 240 g/mol. The lowest BCUT2D eigenvalue weighted by atomic mass is 10.0. The van der Waals surface area contributed by atoms with Gasteiger partial charge in [0, 0.05) is 44.7 Å². The van der Waals surface area contributed by atoms with Gasteiger partial charge in [-0.1, -0.05) is 25.1 Å². The van der Waals surface area contributed by atoms with E-state index in [0.29, 0.717) is 5.75 Å². The second-order valence-corrected chi connectivity index (χ2v) is 5.02. The second kappa shape index (κ2) is 6.06. The van der Waals surface area contributed by atoms with Crippen molar-refractivity contribution in [2.24, 2.45) is 0 Å². The predicted octanol–water partition coefficient (Wildman–Crippen LogP) is 2.01. The van der Waals surface area contributed by atoms with Crippen LogP contribution in [-0.4, -0.2) is 47.0 Å². The number of para-hydroxylation sites is 1. The molecule has 2 rings (SSSR count). The summed E-state index contributed by atoms with van der Waals surface area (Å²) in [4.78, 5) is 15.6. The van der Waals surface area contributed by atoms with Crippen LogP contribution < -0.4 is 0 Å².